The van der Waals surface area contributed by atoms with Crippen molar-refractivity contribution in [3.63, 3.8) is 0 Å². The third kappa shape index (κ3) is 1.95. The average Bonchev–Trinajstić information content (AvgIpc) is 2.84. The number of aromatic nitrogens is 1. The lowest BCUT2D eigenvalue weighted by molar-refractivity contribution is 0.637. The Bertz CT molecular complexity index is 316. The number of hydrogen-bond acceptors (Lipinski definition) is 3. The summed E-state index contributed by atoms with van der Waals surface area (Å²) in [5.41, 5.74) is 1.42. The molecule has 0 radical (unpaired) electrons. The van der Waals surface area contributed by atoms with Crippen molar-refractivity contribution in [2.45, 2.75) is 51.0 Å². The zero-order valence-corrected chi connectivity index (χ0v) is 9.91. The van der Waals surface area contributed by atoms with Crippen LogP contribution in [0.25, 0.3) is 0 Å². The highest BCUT2D eigenvalue weighted by Gasteiger charge is 2.22. The first kappa shape index (κ1) is 9.79. The van der Waals surface area contributed by atoms with Crippen molar-refractivity contribution in [1.82, 2.24) is 10.3 Å². The Balaban J connectivity index is 1.84. The Hall–Kier alpha value is -0.410. The normalized spacial score (nSPS) is 26.3. The van der Waals surface area contributed by atoms with Gasteiger partial charge in [-0.3, -0.25) is 0 Å². The lowest BCUT2D eigenvalue weighted by atomic mass is 10.2. The van der Waals surface area contributed by atoms with E-state index in [1.54, 1.807) is 4.88 Å². The van der Waals surface area contributed by atoms with Gasteiger partial charge in [0.2, 0.25) is 0 Å². The van der Waals surface area contributed by atoms with Crippen LogP contribution < -0.4 is 5.32 Å². The first-order valence-corrected chi connectivity index (χ1v) is 6.97. The Morgan fingerprint density at radius 1 is 1.13 bits per heavy atom. The zero-order chi connectivity index (χ0) is 10.1. The van der Waals surface area contributed by atoms with Crippen LogP contribution >= 0.6 is 11.3 Å². The summed E-state index contributed by atoms with van der Waals surface area (Å²) < 4.78 is 0. The molecule has 82 valence electrons. The van der Waals surface area contributed by atoms with Gasteiger partial charge >= 0.3 is 0 Å². The maximum Gasteiger partial charge on any atom is 0.110 e. The smallest absolute Gasteiger partial charge is 0.110 e. The number of thiazole rings is 1. The quantitative estimate of drug-likeness (QED) is 0.739. The van der Waals surface area contributed by atoms with Crippen LogP contribution in [0.3, 0.4) is 0 Å². The van der Waals surface area contributed by atoms with Gasteiger partial charge in [-0.05, 0) is 45.1 Å². The van der Waals surface area contributed by atoms with Crippen molar-refractivity contribution in [2.75, 3.05) is 6.54 Å². The minimum Gasteiger partial charge on any atom is -0.308 e. The third-order valence-corrected chi connectivity index (χ3v) is 4.74. The Morgan fingerprint density at radius 2 is 2.07 bits per heavy atom. The number of nitrogens with one attached hydrogen (secondary N) is 1. The van der Waals surface area contributed by atoms with Gasteiger partial charge in [-0.1, -0.05) is 6.42 Å². The van der Waals surface area contributed by atoms with E-state index in [2.05, 4.69) is 5.32 Å². The molecule has 1 atom stereocenters. The minimum atomic E-state index is 0.571. The van der Waals surface area contributed by atoms with E-state index >= 15 is 0 Å². The molecule has 2 nitrogen and oxygen atoms in total. The molecule has 0 spiro atoms. The second-order valence-electron chi connectivity index (χ2n) is 4.63. The second kappa shape index (κ2) is 4.22. The summed E-state index contributed by atoms with van der Waals surface area (Å²) in [4.78, 5) is 6.43. The highest BCUT2D eigenvalue weighted by Crippen LogP contribution is 2.32. The van der Waals surface area contributed by atoms with Crippen molar-refractivity contribution < 1.29 is 0 Å². The number of fused-ring (bicyclic) bond motifs is 1. The SMILES string of the molecule is C1CCc2nc(C3CCCN3)sc2CC1. The predicted octanol–water partition coefficient (Wildman–Crippen LogP) is 2.84. The molecule has 2 aliphatic rings. The minimum absolute atomic E-state index is 0.571. The van der Waals surface area contributed by atoms with Gasteiger partial charge in [0.1, 0.15) is 5.01 Å². The second-order valence-corrected chi connectivity index (χ2v) is 5.75. The van der Waals surface area contributed by atoms with Crippen LogP contribution in [0.15, 0.2) is 0 Å². The average molecular weight is 222 g/mol. The van der Waals surface area contributed by atoms with Gasteiger partial charge in [0.15, 0.2) is 0 Å². The molecule has 1 aromatic heterocycles. The van der Waals surface area contributed by atoms with Gasteiger partial charge in [0.25, 0.3) is 0 Å². The van der Waals surface area contributed by atoms with Crippen LogP contribution in [-0.2, 0) is 12.8 Å². The van der Waals surface area contributed by atoms with E-state index in [1.807, 2.05) is 11.3 Å². The molecular weight excluding hydrogens is 204 g/mol. The lowest BCUT2D eigenvalue weighted by Crippen LogP contribution is -2.12. The van der Waals surface area contributed by atoms with Gasteiger partial charge in [0, 0.05) is 4.88 Å². The van der Waals surface area contributed by atoms with E-state index in [9.17, 15) is 0 Å². The van der Waals surface area contributed by atoms with Gasteiger partial charge < -0.3 is 5.32 Å². The van der Waals surface area contributed by atoms with Crippen LogP contribution in [-0.4, -0.2) is 11.5 Å². The fourth-order valence-corrected chi connectivity index (χ4v) is 3.86. The van der Waals surface area contributed by atoms with E-state index in [0.717, 1.165) is 0 Å². The molecule has 0 aromatic carbocycles. The third-order valence-electron chi connectivity index (χ3n) is 3.47. The Kier molecular flexibility index (Phi) is 2.76. The molecule has 0 amide bonds. The van der Waals surface area contributed by atoms with Gasteiger partial charge in [0.05, 0.1) is 11.7 Å². The molecule has 3 heteroatoms. The van der Waals surface area contributed by atoms with Gasteiger partial charge in [-0.2, -0.15) is 0 Å². The molecule has 0 saturated carbocycles. The summed E-state index contributed by atoms with van der Waals surface area (Å²) in [6.45, 7) is 1.18. The summed E-state index contributed by atoms with van der Waals surface area (Å²) in [6.07, 6.45) is 9.20. The van der Waals surface area contributed by atoms with Crippen LogP contribution in [0.4, 0.5) is 0 Å². The molecular formula is C12H18N2S. The molecule has 15 heavy (non-hydrogen) atoms. The van der Waals surface area contributed by atoms with Crippen LogP contribution in [0, 0.1) is 0 Å². The first-order valence-electron chi connectivity index (χ1n) is 6.15. The maximum absolute atomic E-state index is 4.85. The molecule has 1 fully saturated rings. The van der Waals surface area contributed by atoms with Crippen LogP contribution in [0.1, 0.15) is 53.7 Å². The number of hydrogen-bond donors (Lipinski definition) is 1. The van der Waals surface area contributed by atoms with Crippen molar-refractivity contribution in [3.05, 3.63) is 15.6 Å². The van der Waals surface area contributed by atoms with E-state index in [-0.39, 0.29) is 0 Å². The summed E-state index contributed by atoms with van der Waals surface area (Å²) in [6, 6.07) is 0.571. The van der Waals surface area contributed by atoms with E-state index in [1.165, 1.54) is 62.2 Å². The van der Waals surface area contributed by atoms with Crippen molar-refractivity contribution in [3.8, 4) is 0 Å². The van der Waals surface area contributed by atoms with E-state index < -0.39 is 0 Å². The van der Waals surface area contributed by atoms with Crippen LogP contribution in [0.2, 0.25) is 0 Å². The molecule has 1 aromatic rings. The van der Waals surface area contributed by atoms with Crippen LogP contribution in [0.5, 0.6) is 0 Å². The van der Waals surface area contributed by atoms with Crippen molar-refractivity contribution >= 4 is 11.3 Å². The fourth-order valence-electron chi connectivity index (χ4n) is 2.59. The largest absolute Gasteiger partial charge is 0.308 e. The first-order chi connectivity index (χ1) is 7.43. The standard InChI is InChI=1S/C12H18N2S/c1-2-5-9-11(7-3-1)15-12(14-9)10-6-4-8-13-10/h10,13H,1-8H2. The number of aryl methyl sites for hydroxylation is 2. The topological polar surface area (TPSA) is 24.9 Å². The summed E-state index contributed by atoms with van der Waals surface area (Å²) in [7, 11) is 0. The molecule has 0 bridgehead atoms. The van der Waals surface area contributed by atoms with Gasteiger partial charge in [-0.15, -0.1) is 11.3 Å². The molecule has 1 saturated heterocycles. The highest BCUT2D eigenvalue weighted by molar-refractivity contribution is 7.11. The molecule has 2 heterocycles. The number of rotatable bonds is 1. The Labute approximate surface area is 95.1 Å². The molecule has 1 aliphatic carbocycles. The van der Waals surface area contributed by atoms with E-state index in [4.69, 9.17) is 4.98 Å². The fraction of sp³-hybridized carbons (Fsp3) is 0.750. The summed E-state index contributed by atoms with van der Waals surface area (Å²) >= 11 is 1.97. The molecule has 1 aliphatic heterocycles. The van der Waals surface area contributed by atoms with Crippen molar-refractivity contribution in [1.29, 1.82) is 0 Å². The highest BCUT2D eigenvalue weighted by atomic mass is 32.1. The van der Waals surface area contributed by atoms with Gasteiger partial charge in [-0.25, -0.2) is 4.98 Å². The molecule has 1 unspecified atom stereocenters. The Morgan fingerprint density at radius 3 is 2.93 bits per heavy atom. The van der Waals surface area contributed by atoms with Crippen molar-refractivity contribution in [2.24, 2.45) is 0 Å². The lowest BCUT2D eigenvalue weighted by Gasteiger charge is -2.04. The molecule has 1 N–H and O–H groups in total. The maximum atomic E-state index is 4.85. The van der Waals surface area contributed by atoms with E-state index in [0.29, 0.717) is 6.04 Å². The summed E-state index contributed by atoms with van der Waals surface area (Å²) in [5, 5.41) is 4.91. The summed E-state index contributed by atoms with van der Waals surface area (Å²) in [5.74, 6) is 0. The molecule has 3 rings (SSSR count). The monoisotopic (exact) mass is 222 g/mol. The number of nitrogens with zero attached hydrogens (tertiary/aromatic N) is 1. The predicted molar refractivity (Wildman–Crippen MR) is 63.4 cm³/mol. The zero-order valence-electron chi connectivity index (χ0n) is 9.09.